The highest BCUT2D eigenvalue weighted by Gasteiger charge is 2.29. The van der Waals surface area contributed by atoms with Crippen molar-refractivity contribution < 1.29 is 24.2 Å². The quantitative estimate of drug-likeness (QED) is 0.800. The number of thiophene rings is 1. The standard InChI is InChI=1S/C14H16ClNO5S/c1-21-14(20)16-7-2-4-10-8(6-7)12(13(15)22-10)9(17)3-5-11(18)19/h7H,2-6H2,1H3,(H,16,20)(H,18,19). The van der Waals surface area contributed by atoms with E-state index in [0.717, 1.165) is 23.3 Å². The Morgan fingerprint density at radius 3 is 2.77 bits per heavy atom. The number of methoxy groups -OCH3 is 1. The molecule has 1 amide bonds. The van der Waals surface area contributed by atoms with Crippen molar-refractivity contribution >= 4 is 40.8 Å². The molecule has 1 aliphatic carbocycles. The fourth-order valence-corrected chi connectivity index (χ4v) is 4.11. The first-order valence-electron chi connectivity index (χ1n) is 6.81. The van der Waals surface area contributed by atoms with Gasteiger partial charge >= 0.3 is 12.1 Å². The minimum atomic E-state index is -1.01. The number of halogens is 1. The predicted molar refractivity (Wildman–Crippen MR) is 81.9 cm³/mol. The number of amides is 1. The van der Waals surface area contributed by atoms with Crippen molar-refractivity contribution in [3.05, 3.63) is 20.3 Å². The summed E-state index contributed by atoms with van der Waals surface area (Å²) in [6.45, 7) is 0. The van der Waals surface area contributed by atoms with Gasteiger partial charge in [0.2, 0.25) is 0 Å². The molecular formula is C14H16ClNO5S. The minimum Gasteiger partial charge on any atom is -0.481 e. The lowest BCUT2D eigenvalue weighted by molar-refractivity contribution is -0.136. The number of carboxylic acids is 1. The molecule has 120 valence electrons. The van der Waals surface area contributed by atoms with E-state index < -0.39 is 12.1 Å². The number of Topliss-reactive ketones (excluding diaryl/α,β-unsaturated/α-hetero) is 1. The summed E-state index contributed by atoms with van der Waals surface area (Å²) < 4.78 is 4.98. The zero-order valence-corrected chi connectivity index (χ0v) is 13.6. The van der Waals surface area contributed by atoms with E-state index in [1.165, 1.54) is 18.4 Å². The number of carbonyl (C=O) groups excluding carboxylic acids is 2. The summed E-state index contributed by atoms with van der Waals surface area (Å²) in [6.07, 6.45) is 1.18. The summed E-state index contributed by atoms with van der Waals surface area (Å²) in [5, 5.41) is 11.4. The van der Waals surface area contributed by atoms with Crippen LogP contribution in [0.2, 0.25) is 4.34 Å². The van der Waals surface area contributed by atoms with E-state index in [1.54, 1.807) is 0 Å². The van der Waals surface area contributed by atoms with Gasteiger partial charge in [-0.05, 0) is 24.8 Å². The normalized spacial score (nSPS) is 16.7. The highest BCUT2D eigenvalue weighted by atomic mass is 35.5. The van der Waals surface area contributed by atoms with Gasteiger partial charge in [0.1, 0.15) is 4.34 Å². The van der Waals surface area contributed by atoms with Gasteiger partial charge in [-0.1, -0.05) is 11.6 Å². The van der Waals surface area contributed by atoms with E-state index in [9.17, 15) is 14.4 Å². The number of hydrogen-bond acceptors (Lipinski definition) is 5. The van der Waals surface area contributed by atoms with Crippen LogP contribution in [0.4, 0.5) is 4.79 Å². The topological polar surface area (TPSA) is 92.7 Å². The van der Waals surface area contributed by atoms with E-state index >= 15 is 0 Å². The number of nitrogens with one attached hydrogen (secondary N) is 1. The monoisotopic (exact) mass is 345 g/mol. The molecule has 1 aromatic heterocycles. The molecule has 0 bridgehead atoms. The van der Waals surface area contributed by atoms with Gasteiger partial charge < -0.3 is 15.2 Å². The zero-order chi connectivity index (χ0) is 16.3. The number of carbonyl (C=O) groups is 3. The van der Waals surface area contributed by atoms with Crippen molar-refractivity contribution in [3.63, 3.8) is 0 Å². The van der Waals surface area contributed by atoms with Crippen LogP contribution in [0.3, 0.4) is 0 Å². The van der Waals surface area contributed by atoms with Crippen molar-refractivity contribution in [2.45, 2.75) is 38.1 Å². The first kappa shape index (κ1) is 16.8. The van der Waals surface area contributed by atoms with Gasteiger partial charge in [0, 0.05) is 17.3 Å². The fraction of sp³-hybridized carbons (Fsp3) is 0.500. The van der Waals surface area contributed by atoms with Crippen LogP contribution < -0.4 is 5.32 Å². The van der Waals surface area contributed by atoms with Crippen molar-refractivity contribution in [2.75, 3.05) is 7.11 Å². The molecule has 22 heavy (non-hydrogen) atoms. The average Bonchev–Trinajstić information content (AvgIpc) is 2.80. The van der Waals surface area contributed by atoms with Crippen molar-refractivity contribution in [3.8, 4) is 0 Å². The van der Waals surface area contributed by atoms with Gasteiger partial charge in [0.15, 0.2) is 5.78 Å². The summed E-state index contributed by atoms with van der Waals surface area (Å²) in [5.41, 5.74) is 1.25. The minimum absolute atomic E-state index is 0.0761. The Morgan fingerprint density at radius 2 is 2.14 bits per heavy atom. The summed E-state index contributed by atoms with van der Waals surface area (Å²) in [6, 6.07) is -0.114. The predicted octanol–water partition coefficient (Wildman–Crippen LogP) is 2.66. The second kappa shape index (κ2) is 7.11. The highest BCUT2D eigenvalue weighted by molar-refractivity contribution is 7.16. The molecule has 0 fully saturated rings. The molecule has 1 heterocycles. The van der Waals surface area contributed by atoms with E-state index in [2.05, 4.69) is 10.1 Å². The maximum Gasteiger partial charge on any atom is 0.407 e. The number of ketones is 1. The Morgan fingerprint density at radius 1 is 1.41 bits per heavy atom. The number of aliphatic carboxylic acids is 1. The molecule has 0 aliphatic heterocycles. The van der Waals surface area contributed by atoms with E-state index in [0.29, 0.717) is 16.3 Å². The van der Waals surface area contributed by atoms with E-state index in [4.69, 9.17) is 16.7 Å². The number of alkyl carbamates (subject to hydrolysis) is 1. The van der Waals surface area contributed by atoms with Gasteiger partial charge in [-0.3, -0.25) is 9.59 Å². The van der Waals surface area contributed by atoms with Gasteiger partial charge in [-0.15, -0.1) is 11.3 Å². The number of ether oxygens (including phenoxy) is 1. The van der Waals surface area contributed by atoms with Crippen molar-refractivity contribution in [2.24, 2.45) is 0 Å². The molecule has 1 atom stereocenters. The maximum absolute atomic E-state index is 12.2. The molecule has 1 aromatic rings. The molecular weight excluding hydrogens is 330 g/mol. The smallest absolute Gasteiger partial charge is 0.407 e. The molecule has 1 aliphatic rings. The Labute approximate surface area is 136 Å². The molecule has 6 nitrogen and oxygen atoms in total. The van der Waals surface area contributed by atoms with Crippen LogP contribution in [0.5, 0.6) is 0 Å². The Balaban J connectivity index is 2.17. The van der Waals surface area contributed by atoms with Crippen LogP contribution in [0, 0.1) is 0 Å². The number of hydrogen-bond donors (Lipinski definition) is 2. The van der Waals surface area contributed by atoms with Gasteiger partial charge in [-0.25, -0.2) is 4.79 Å². The maximum atomic E-state index is 12.2. The van der Waals surface area contributed by atoms with Crippen molar-refractivity contribution in [1.82, 2.24) is 5.32 Å². The zero-order valence-electron chi connectivity index (χ0n) is 12.0. The molecule has 1 unspecified atom stereocenters. The lowest BCUT2D eigenvalue weighted by Crippen LogP contribution is -2.38. The summed E-state index contributed by atoms with van der Waals surface area (Å²) in [4.78, 5) is 35.2. The van der Waals surface area contributed by atoms with Crippen LogP contribution in [0.25, 0.3) is 0 Å². The summed E-state index contributed by atoms with van der Waals surface area (Å²) in [5.74, 6) is -1.28. The van der Waals surface area contributed by atoms with E-state index in [1.807, 2.05) is 0 Å². The molecule has 0 radical (unpaired) electrons. The molecule has 8 heteroatoms. The SMILES string of the molecule is COC(=O)NC1CCc2sc(Cl)c(C(=O)CCC(=O)O)c2C1. The van der Waals surface area contributed by atoms with Gasteiger partial charge in [-0.2, -0.15) is 0 Å². The second-order valence-corrected chi connectivity index (χ2v) is 6.75. The van der Waals surface area contributed by atoms with Gasteiger partial charge in [0.25, 0.3) is 0 Å². The second-order valence-electron chi connectivity index (χ2n) is 5.05. The number of rotatable bonds is 5. The van der Waals surface area contributed by atoms with Crippen molar-refractivity contribution in [1.29, 1.82) is 0 Å². The molecule has 0 saturated heterocycles. The molecule has 0 spiro atoms. The highest BCUT2D eigenvalue weighted by Crippen LogP contribution is 2.38. The third-order valence-corrected chi connectivity index (χ3v) is 5.07. The van der Waals surface area contributed by atoms with Crippen LogP contribution >= 0.6 is 22.9 Å². The number of aryl methyl sites for hydroxylation is 1. The lowest BCUT2D eigenvalue weighted by atomic mass is 9.90. The average molecular weight is 346 g/mol. The third-order valence-electron chi connectivity index (χ3n) is 3.57. The Hall–Kier alpha value is -1.60. The van der Waals surface area contributed by atoms with Crippen LogP contribution in [0.1, 0.15) is 40.1 Å². The number of carboxylic acid groups (broad SMARTS) is 1. The summed E-state index contributed by atoms with van der Waals surface area (Å²) in [7, 11) is 1.30. The lowest BCUT2D eigenvalue weighted by Gasteiger charge is -2.23. The van der Waals surface area contributed by atoms with Crippen LogP contribution in [-0.2, 0) is 22.4 Å². The first-order valence-corrected chi connectivity index (χ1v) is 8.01. The third kappa shape index (κ3) is 3.78. The fourth-order valence-electron chi connectivity index (χ4n) is 2.52. The molecule has 2 rings (SSSR count). The van der Waals surface area contributed by atoms with E-state index in [-0.39, 0.29) is 24.7 Å². The Kier molecular flexibility index (Phi) is 5.42. The largest absolute Gasteiger partial charge is 0.481 e. The van der Waals surface area contributed by atoms with Crippen LogP contribution in [-0.4, -0.2) is 36.1 Å². The number of fused-ring (bicyclic) bond motifs is 1. The first-order chi connectivity index (χ1) is 10.4. The van der Waals surface area contributed by atoms with Gasteiger partial charge in [0.05, 0.1) is 19.1 Å². The Bertz CT molecular complexity index is 613. The van der Waals surface area contributed by atoms with Crippen LogP contribution in [0.15, 0.2) is 0 Å². The summed E-state index contributed by atoms with van der Waals surface area (Å²) >= 11 is 7.52. The molecule has 0 aromatic carbocycles. The molecule has 0 saturated carbocycles. The molecule has 2 N–H and O–H groups in total.